The van der Waals surface area contributed by atoms with Crippen molar-refractivity contribution in [3.8, 4) is 0 Å². The minimum atomic E-state index is -0.760. The highest BCUT2D eigenvalue weighted by atomic mass is 19.1. The van der Waals surface area contributed by atoms with Crippen LogP contribution in [-0.2, 0) is 9.53 Å². The van der Waals surface area contributed by atoms with Crippen molar-refractivity contribution in [1.82, 2.24) is 0 Å². The van der Waals surface area contributed by atoms with Crippen molar-refractivity contribution < 1.29 is 13.9 Å². The van der Waals surface area contributed by atoms with E-state index < -0.39 is 6.17 Å². The van der Waals surface area contributed by atoms with E-state index in [0.29, 0.717) is 19.3 Å². The summed E-state index contributed by atoms with van der Waals surface area (Å²) in [6, 6.07) is 0. The average molecular weight is 146 g/mol. The molecule has 2 nitrogen and oxygen atoms in total. The van der Waals surface area contributed by atoms with E-state index in [-0.39, 0.29) is 12.1 Å². The third-order valence-corrected chi connectivity index (χ3v) is 1.65. The fraction of sp³-hybridized carbons (Fsp3) is 0.857. The van der Waals surface area contributed by atoms with Gasteiger partial charge < -0.3 is 4.74 Å². The van der Waals surface area contributed by atoms with E-state index >= 15 is 0 Å². The Hall–Kier alpha value is -0.600. The first-order valence-electron chi connectivity index (χ1n) is 3.50. The van der Waals surface area contributed by atoms with Crippen LogP contribution in [-0.4, -0.2) is 18.2 Å². The standard InChI is InChI=1S/C7H11FO2/c1-5(9)10-7-3-2-6(8)4-7/h6-7H,2-4H2,1H3. The normalized spacial score (nSPS) is 32.2. The average Bonchev–Trinajstić information content (AvgIpc) is 2.13. The molecule has 0 spiro atoms. The lowest BCUT2D eigenvalue weighted by molar-refractivity contribution is -0.146. The summed E-state index contributed by atoms with van der Waals surface area (Å²) in [4.78, 5) is 10.4. The monoisotopic (exact) mass is 146 g/mol. The maximum Gasteiger partial charge on any atom is 0.302 e. The van der Waals surface area contributed by atoms with Crippen LogP contribution in [0.5, 0.6) is 0 Å². The van der Waals surface area contributed by atoms with Gasteiger partial charge in [0, 0.05) is 13.3 Å². The number of carbonyl (C=O) groups is 1. The van der Waals surface area contributed by atoms with Gasteiger partial charge in [-0.15, -0.1) is 0 Å². The van der Waals surface area contributed by atoms with Crippen LogP contribution in [0.4, 0.5) is 4.39 Å². The van der Waals surface area contributed by atoms with Crippen molar-refractivity contribution in [2.24, 2.45) is 0 Å². The van der Waals surface area contributed by atoms with Gasteiger partial charge in [0.1, 0.15) is 12.3 Å². The van der Waals surface area contributed by atoms with Crippen LogP contribution in [0.15, 0.2) is 0 Å². The number of halogens is 1. The molecule has 0 heterocycles. The van der Waals surface area contributed by atoms with Gasteiger partial charge >= 0.3 is 5.97 Å². The van der Waals surface area contributed by atoms with Gasteiger partial charge in [0.25, 0.3) is 0 Å². The van der Waals surface area contributed by atoms with Gasteiger partial charge in [-0.2, -0.15) is 0 Å². The Balaban J connectivity index is 2.24. The molecule has 0 aromatic rings. The predicted octanol–water partition coefficient (Wildman–Crippen LogP) is 1.44. The number of carbonyl (C=O) groups excluding carboxylic acids is 1. The Morgan fingerprint density at radius 2 is 2.30 bits per heavy atom. The lowest BCUT2D eigenvalue weighted by Gasteiger charge is -2.07. The van der Waals surface area contributed by atoms with Crippen molar-refractivity contribution in [2.45, 2.75) is 38.5 Å². The van der Waals surface area contributed by atoms with E-state index in [1.807, 2.05) is 0 Å². The second kappa shape index (κ2) is 2.99. The second-order valence-electron chi connectivity index (χ2n) is 2.64. The fourth-order valence-corrected chi connectivity index (χ4v) is 1.23. The summed E-state index contributed by atoms with van der Waals surface area (Å²) in [5.41, 5.74) is 0. The summed E-state index contributed by atoms with van der Waals surface area (Å²) in [5, 5.41) is 0. The lowest BCUT2D eigenvalue weighted by atomic mass is 10.3. The van der Waals surface area contributed by atoms with Crippen LogP contribution in [0.3, 0.4) is 0 Å². The van der Waals surface area contributed by atoms with E-state index in [1.165, 1.54) is 6.92 Å². The minimum absolute atomic E-state index is 0.160. The van der Waals surface area contributed by atoms with Crippen LogP contribution < -0.4 is 0 Å². The Kier molecular flexibility index (Phi) is 2.25. The summed E-state index contributed by atoms with van der Waals surface area (Å²) < 4.78 is 17.2. The first kappa shape index (κ1) is 7.51. The number of hydrogen-bond donors (Lipinski definition) is 0. The van der Waals surface area contributed by atoms with Gasteiger partial charge in [-0.3, -0.25) is 4.79 Å². The van der Waals surface area contributed by atoms with Crippen LogP contribution in [0.25, 0.3) is 0 Å². The molecule has 1 aliphatic rings. The first-order chi connectivity index (χ1) is 4.68. The maximum absolute atomic E-state index is 12.4. The van der Waals surface area contributed by atoms with Gasteiger partial charge in [0.15, 0.2) is 0 Å². The molecular formula is C7H11FO2. The molecule has 1 aliphatic carbocycles. The number of alkyl halides is 1. The minimum Gasteiger partial charge on any atom is -0.462 e. The highest BCUT2D eigenvalue weighted by molar-refractivity contribution is 5.66. The molecule has 3 heteroatoms. The van der Waals surface area contributed by atoms with E-state index in [1.54, 1.807) is 0 Å². The molecule has 2 atom stereocenters. The molecule has 0 radical (unpaired) electrons. The Bertz CT molecular complexity index is 136. The molecule has 2 unspecified atom stereocenters. The highest BCUT2D eigenvalue weighted by Gasteiger charge is 2.25. The Morgan fingerprint density at radius 3 is 2.70 bits per heavy atom. The predicted molar refractivity (Wildman–Crippen MR) is 34.3 cm³/mol. The lowest BCUT2D eigenvalue weighted by Crippen LogP contribution is -2.12. The molecule has 0 amide bonds. The highest BCUT2D eigenvalue weighted by Crippen LogP contribution is 2.24. The second-order valence-corrected chi connectivity index (χ2v) is 2.64. The van der Waals surface area contributed by atoms with Gasteiger partial charge in [0.05, 0.1) is 0 Å². The smallest absolute Gasteiger partial charge is 0.302 e. The molecular weight excluding hydrogens is 135 g/mol. The van der Waals surface area contributed by atoms with Crippen molar-refractivity contribution in [3.63, 3.8) is 0 Å². The molecule has 0 N–H and O–H groups in total. The Labute approximate surface area is 59.4 Å². The summed E-state index contributed by atoms with van der Waals surface area (Å²) in [7, 11) is 0. The van der Waals surface area contributed by atoms with Crippen LogP contribution in [0, 0.1) is 0 Å². The molecule has 0 aromatic carbocycles. The third kappa shape index (κ3) is 1.97. The van der Waals surface area contributed by atoms with E-state index in [2.05, 4.69) is 0 Å². The molecule has 1 saturated carbocycles. The van der Waals surface area contributed by atoms with E-state index in [9.17, 15) is 9.18 Å². The SMILES string of the molecule is CC(=O)OC1CCC(F)C1. The van der Waals surface area contributed by atoms with E-state index in [0.717, 1.165) is 0 Å². The number of rotatable bonds is 1. The zero-order chi connectivity index (χ0) is 7.56. The third-order valence-electron chi connectivity index (χ3n) is 1.65. The zero-order valence-corrected chi connectivity index (χ0v) is 5.97. The summed E-state index contributed by atoms with van der Waals surface area (Å²) >= 11 is 0. The number of hydrogen-bond acceptors (Lipinski definition) is 2. The van der Waals surface area contributed by atoms with Gasteiger partial charge in [0.2, 0.25) is 0 Å². The molecule has 0 bridgehead atoms. The van der Waals surface area contributed by atoms with Gasteiger partial charge in [-0.1, -0.05) is 0 Å². The van der Waals surface area contributed by atoms with Crippen molar-refractivity contribution in [3.05, 3.63) is 0 Å². The molecule has 10 heavy (non-hydrogen) atoms. The van der Waals surface area contributed by atoms with E-state index in [4.69, 9.17) is 4.74 Å². The first-order valence-corrected chi connectivity index (χ1v) is 3.50. The van der Waals surface area contributed by atoms with Crippen molar-refractivity contribution in [2.75, 3.05) is 0 Å². The van der Waals surface area contributed by atoms with Crippen LogP contribution >= 0.6 is 0 Å². The molecule has 0 saturated heterocycles. The quantitative estimate of drug-likeness (QED) is 0.523. The number of ether oxygens (including phenoxy) is 1. The van der Waals surface area contributed by atoms with Crippen LogP contribution in [0.1, 0.15) is 26.2 Å². The van der Waals surface area contributed by atoms with Gasteiger partial charge in [-0.25, -0.2) is 4.39 Å². The zero-order valence-electron chi connectivity index (χ0n) is 5.97. The molecule has 0 aromatic heterocycles. The maximum atomic E-state index is 12.4. The van der Waals surface area contributed by atoms with Crippen molar-refractivity contribution >= 4 is 5.97 Å². The molecule has 1 rings (SSSR count). The van der Waals surface area contributed by atoms with Crippen molar-refractivity contribution in [1.29, 1.82) is 0 Å². The summed E-state index contributed by atoms with van der Waals surface area (Å²) in [6.07, 6.45) is 0.690. The summed E-state index contributed by atoms with van der Waals surface area (Å²) in [5.74, 6) is -0.306. The molecule has 0 aliphatic heterocycles. The van der Waals surface area contributed by atoms with Gasteiger partial charge in [-0.05, 0) is 12.8 Å². The Morgan fingerprint density at radius 1 is 1.60 bits per heavy atom. The van der Waals surface area contributed by atoms with Crippen LogP contribution in [0.2, 0.25) is 0 Å². The summed E-state index contributed by atoms with van der Waals surface area (Å²) in [6.45, 7) is 1.35. The fourth-order valence-electron chi connectivity index (χ4n) is 1.23. The molecule has 58 valence electrons. The largest absolute Gasteiger partial charge is 0.462 e. The number of esters is 1. The molecule has 1 fully saturated rings. The topological polar surface area (TPSA) is 26.3 Å².